The van der Waals surface area contributed by atoms with Gasteiger partial charge in [0.05, 0.1) is 6.54 Å². The summed E-state index contributed by atoms with van der Waals surface area (Å²) in [4.78, 5) is 22.9. The van der Waals surface area contributed by atoms with Crippen molar-refractivity contribution in [2.45, 2.75) is 39.7 Å². The van der Waals surface area contributed by atoms with Crippen LogP contribution in [0.2, 0.25) is 0 Å². The number of aryl methyl sites for hydroxylation is 1. The predicted octanol–water partition coefficient (Wildman–Crippen LogP) is 2.61. The lowest BCUT2D eigenvalue weighted by molar-refractivity contribution is 0.830. The molecule has 0 aliphatic heterocycles. The normalized spacial score (nSPS) is 10.6. The lowest BCUT2D eigenvalue weighted by Crippen LogP contribution is -2.09. The van der Waals surface area contributed by atoms with E-state index in [2.05, 4.69) is 39.4 Å². The number of H-pyrrole nitrogens is 1. The molecular weight excluding hydrogens is 286 g/mol. The Hall–Kier alpha value is -1.89. The minimum atomic E-state index is -0.0357. The van der Waals surface area contributed by atoms with Gasteiger partial charge in [-0.25, -0.2) is 9.97 Å². The van der Waals surface area contributed by atoms with Crippen molar-refractivity contribution in [2.24, 2.45) is 0 Å². The van der Waals surface area contributed by atoms with Crippen LogP contribution in [-0.2, 0) is 13.0 Å². The van der Waals surface area contributed by atoms with E-state index < -0.39 is 0 Å². The molecule has 21 heavy (non-hydrogen) atoms. The van der Waals surface area contributed by atoms with E-state index in [9.17, 15) is 4.79 Å². The summed E-state index contributed by atoms with van der Waals surface area (Å²) in [5, 5.41) is 8.34. The van der Waals surface area contributed by atoms with Crippen LogP contribution in [0.15, 0.2) is 16.2 Å². The van der Waals surface area contributed by atoms with Crippen LogP contribution in [0.4, 0.5) is 11.6 Å². The van der Waals surface area contributed by atoms with Crippen molar-refractivity contribution in [3.8, 4) is 0 Å². The van der Waals surface area contributed by atoms with Crippen molar-refractivity contribution < 1.29 is 0 Å². The highest BCUT2D eigenvalue weighted by molar-refractivity contribution is 7.07. The number of anilines is 2. The topological polar surface area (TPSA) is 82.7 Å². The molecule has 0 fully saturated rings. The third kappa shape index (κ3) is 4.86. The highest BCUT2D eigenvalue weighted by atomic mass is 32.1. The average molecular weight is 307 g/mol. The first-order valence-corrected chi connectivity index (χ1v) is 8.11. The second kappa shape index (κ2) is 7.78. The zero-order valence-electron chi connectivity index (χ0n) is 12.4. The molecule has 2 aromatic rings. The molecule has 0 unspecified atom stereocenters. The number of rotatable bonds is 8. The van der Waals surface area contributed by atoms with Gasteiger partial charge in [0.1, 0.15) is 17.5 Å². The Balaban J connectivity index is 2.08. The van der Waals surface area contributed by atoms with Gasteiger partial charge in [-0.05, 0) is 12.8 Å². The first-order chi connectivity index (χ1) is 10.2. The predicted molar refractivity (Wildman–Crippen MR) is 87.1 cm³/mol. The van der Waals surface area contributed by atoms with E-state index in [0.29, 0.717) is 6.54 Å². The molecule has 3 N–H and O–H groups in total. The Bertz CT molecular complexity index is 622. The summed E-state index contributed by atoms with van der Waals surface area (Å²) >= 11 is 1.17. The Labute approximate surface area is 128 Å². The summed E-state index contributed by atoms with van der Waals surface area (Å²) in [5.41, 5.74) is 0.865. The van der Waals surface area contributed by atoms with Crippen molar-refractivity contribution in [1.29, 1.82) is 0 Å². The van der Waals surface area contributed by atoms with Crippen molar-refractivity contribution in [3.05, 3.63) is 32.6 Å². The van der Waals surface area contributed by atoms with Gasteiger partial charge >= 0.3 is 4.87 Å². The Morgan fingerprint density at radius 1 is 1.19 bits per heavy atom. The Kier molecular flexibility index (Phi) is 5.74. The van der Waals surface area contributed by atoms with E-state index in [1.165, 1.54) is 11.3 Å². The molecule has 114 valence electrons. The number of nitrogens with one attached hydrogen (secondary N) is 3. The third-order valence-electron chi connectivity index (χ3n) is 2.83. The summed E-state index contributed by atoms with van der Waals surface area (Å²) < 4.78 is 0. The smallest absolute Gasteiger partial charge is 0.304 e. The minimum absolute atomic E-state index is 0.0357. The van der Waals surface area contributed by atoms with E-state index in [1.807, 2.05) is 11.4 Å². The maximum Gasteiger partial charge on any atom is 0.304 e. The average Bonchev–Trinajstić information content (AvgIpc) is 2.89. The van der Waals surface area contributed by atoms with E-state index in [1.54, 1.807) is 0 Å². The van der Waals surface area contributed by atoms with Gasteiger partial charge in [-0.1, -0.05) is 25.2 Å². The molecule has 0 saturated heterocycles. The molecule has 0 radical (unpaired) electrons. The van der Waals surface area contributed by atoms with Crippen LogP contribution < -0.4 is 15.5 Å². The van der Waals surface area contributed by atoms with Gasteiger partial charge < -0.3 is 15.6 Å². The van der Waals surface area contributed by atoms with Gasteiger partial charge in [-0.2, -0.15) is 0 Å². The van der Waals surface area contributed by atoms with Crippen molar-refractivity contribution in [1.82, 2.24) is 15.0 Å². The minimum Gasteiger partial charge on any atom is -0.370 e. The van der Waals surface area contributed by atoms with Crippen LogP contribution in [0.3, 0.4) is 0 Å². The molecule has 6 nitrogen and oxygen atoms in total. The number of thiazole rings is 1. The fraction of sp³-hybridized carbons (Fsp3) is 0.500. The first-order valence-electron chi connectivity index (χ1n) is 7.23. The second-order valence-electron chi connectivity index (χ2n) is 4.76. The quantitative estimate of drug-likeness (QED) is 0.698. The molecule has 0 spiro atoms. The maximum atomic E-state index is 11.1. The van der Waals surface area contributed by atoms with Gasteiger partial charge in [0.15, 0.2) is 0 Å². The number of aromatic amines is 1. The molecule has 0 atom stereocenters. The summed E-state index contributed by atoms with van der Waals surface area (Å²) in [6, 6.07) is 1.90. The van der Waals surface area contributed by atoms with Crippen LogP contribution in [0.25, 0.3) is 0 Å². The number of hydrogen-bond acceptors (Lipinski definition) is 6. The van der Waals surface area contributed by atoms with E-state index in [-0.39, 0.29) is 4.87 Å². The fourth-order valence-corrected chi connectivity index (χ4v) is 2.43. The van der Waals surface area contributed by atoms with Crippen LogP contribution >= 0.6 is 11.3 Å². The zero-order valence-corrected chi connectivity index (χ0v) is 13.2. The van der Waals surface area contributed by atoms with Crippen LogP contribution in [-0.4, -0.2) is 21.5 Å². The van der Waals surface area contributed by atoms with E-state index >= 15 is 0 Å². The first kappa shape index (κ1) is 15.5. The SMILES string of the molecule is CCCNc1cc(NCc2csc(=O)[nH]2)nc(CCC)n1. The van der Waals surface area contributed by atoms with Crippen molar-refractivity contribution in [2.75, 3.05) is 17.2 Å². The second-order valence-corrected chi connectivity index (χ2v) is 5.60. The van der Waals surface area contributed by atoms with Gasteiger partial charge in [-0.15, -0.1) is 0 Å². The molecule has 0 bridgehead atoms. The highest BCUT2D eigenvalue weighted by Gasteiger charge is 2.05. The molecule has 2 heterocycles. The maximum absolute atomic E-state index is 11.1. The van der Waals surface area contributed by atoms with Crippen molar-refractivity contribution >= 4 is 23.0 Å². The zero-order chi connectivity index (χ0) is 15.1. The van der Waals surface area contributed by atoms with Gasteiger partial charge in [0, 0.05) is 30.1 Å². The molecule has 0 aromatic carbocycles. The molecule has 0 aliphatic carbocycles. The van der Waals surface area contributed by atoms with Crippen LogP contribution in [0, 0.1) is 0 Å². The van der Waals surface area contributed by atoms with Gasteiger partial charge in [0.2, 0.25) is 0 Å². The fourth-order valence-electron chi connectivity index (χ4n) is 1.85. The van der Waals surface area contributed by atoms with Gasteiger partial charge in [0.25, 0.3) is 0 Å². The lowest BCUT2D eigenvalue weighted by atomic mass is 10.3. The monoisotopic (exact) mass is 307 g/mol. The Morgan fingerprint density at radius 3 is 2.57 bits per heavy atom. The molecular formula is C14H21N5OS. The summed E-state index contributed by atoms with van der Waals surface area (Å²) in [5.74, 6) is 2.45. The lowest BCUT2D eigenvalue weighted by Gasteiger charge is -2.10. The van der Waals surface area contributed by atoms with E-state index in [4.69, 9.17) is 0 Å². The van der Waals surface area contributed by atoms with Crippen molar-refractivity contribution in [3.63, 3.8) is 0 Å². The number of hydrogen-bond donors (Lipinski definition) is 3. The highest BCUT2D eigenvalue weighted by Crippen LogP contribution is 2.13. The van der Waals surface area contributed by atoms with E-state index in [0.717, 1.165) is 49.0 Å². The molecule has 0 saturated carbocycles. The van der Waals surface area contributed by atoms with Crippen LogP contribution in [0.1, 0.15) is 38.2 Å². The Morgan fingerprint density at radius 2 is 1.95 bits per heavy atom. The number of nitrogens with zero attached hydrogens (tertiary/aromatic N) is 2. The third-order valence-corrected chi connectivity index (χ3v) is 3.55. The van der Waals surface area contributed by atoms with Gasteiger partial charge in [-0.3, -0.25) is 4.79 Å². The molecule has 0 amide bonds. The summed E-state index contributed by atoms with van der Waals surface area (Å²) in [6.07, 6.45) is 2.91. The standard InChI is InChI=1S/C14H21N5OS/c1-3-5-11-18-12(15-6-4-2)7-13(19-11)16-8-10-9-21-14(20)17-10/h7,9H,3-6,8H2,1-2H3,(H,17,20)(H2,15,16,18,19). The summed E-state index contributed by atoms with van der Waals surface area (Å²) in [6.45, 7) is 5.67. The molecule has 2 aromatic heterocycles. The number of aromatic nitrogens is 3. The molecule has 7 heteroatoms. The largest absolute Gasteiger partial charge is 0.370 e. The molecule has 0 aliphatic rings. The molecule has 2 rings (SSSR count). The van der Waals surface area contributed by atoms with Crippen LogP contribution in [0.5, 0.6) is 0 Å². The summed E-state index contributed by atoms with van der Waals surface area (Å²) in [7, 11) is 0.